The van der Waals surface area contributed by atoms with Crippen LogP contribution in [0.1, 0.15) is 25.3 Å². The van der Waals surface area contributed by atoms with Gasteiger partial charge in [-0.2, -0.15) is 0 Å². The first-order chi connectivity index (χ1) is 7.24. The third-order valence-corrected chi connectivity index (χ3v) is 2.20. The summed E-state index contributed by atoms with van der Waals surface area (Å²) in [5, 5.41) is 2.72. The minimum absolute atomic E-state index is 0.301. The number of alkyl carbamates (subject to hydrolysis) is 1. The monoisotopic (exact) mass is 207 g/mol. The molecule has 1 N–H and O–H groups in total. The van der Waals surface area contributed by atoms with Crippen LogP contribution < -0.4 is 5.32 Å². The van der Waals surface area contributed by atoms with Gasteiger partial charge in [0, 0.05) is 6.54 Å². The summed E-state index contributed by atoms with van der Waals surface area (Å²) in [6.07, 6.45) is -0.347. The van der Waals surface area contributed by atoms with Crippen LogP contribution in [0.15, 0.2) is 30.3 Å². The van der Waals surface area contributed by atoms with E-state index >= 15 is 0 Å². The zero-order valence-corrected chi connectivity index (χ0v) is 9.19. The van der Waals surface area contributed by atoms with Gasteiger partial charge in [-0.3, -0.25) is 0 Å². The van der Waals surface area contributed by atoms with E-state index in [0.717, 1.165) is 0 Å². The van der Waals surface area contributed by atoms with Gasteiger partial charge in [-0.1, -0.05) is 37.3 Å². The Bertz CT molecular complexity index is 298. The van der Waals surface area contributed by atoms with Gasteiger partial charge in [0.2, 0.25) is 0 Å². The van der Waals surface area contributed by atoms with Crippen LogP contribution in [-0.4, -0.2) is 19.2 Å². The molecule has 3 heteroatoms. The van der Waals surface area contributed by atoms with E-state index in [9.17, 15) is 4.79 Å². The van der Waals surface area contributed by atoms with Crippen molar-refractivity contribution in [1.29, 1.82) is 0 Å². The number of ether oxygens (including phenoxy) is 1. The largest absolute Gasteiger partial charge is 0.450 e. The summed E-state index contributed by atoms with van der Waals surface area (Å²) in [5.41, 5.74) is 1.22. The lowest BCUT2D eigenvalue weighted by Gasteiger charge is -2.12. The molecular formula is C12H17NO2. The Morgan fingerprint density at radius 2 is 2.07 bits per heavy atom. The molecule has 0 bridgehead atoms. The highest BCUT2D eigenvalue weighted by molar-refractivity contribution is 5.67. The summed E-state index contributed by atoms with van der Waals surface area (Å²) in [4.78, 5) is 11.0. The van der Waals surface area contributed by atoms with Crippen LogP contribution >= 0.6 is 0 Å². The number of carbonyl (C=O) groups excluding carboxylic acids is 1. The quantitative estimate of drug-likeness (QED) is 0.824. The van der Waals surface area contributed by atoms with E-state index in [2.05, 4.69) is 24.4 Å². The summed E-state index contributed by atoms with van der Waals surface area (Å²) >= 11 is 0. The van der Waals surface area contributed by atoms with Crippen molar-refractivity contribution in [3.05, 3.63) is 35.9 Å². The fourth-order valence-corrected chi connectivity index (χ4v) is 1.32. The van der Waals surface area contributed by atoms with E-state index in [4.69, 9.17) is 4.74 Å². The van der Waals surface area contributed by atoms with Gasteiger partial charge in [-0.15, -0.1) is 0 Å². The summed E-state index contributed by atoms with van der Waals surface area (Å²) in [6, 6.07) is 10.1. The molecule has 0 aliphatic rings. The molecule has 3 nitrogen and oxygen atoms in total. The average Bonchev–Trinajstić information content (AvgIpc) is 2.27. The van der Waals surface area contributed by atoms with Crippen LogP contribution in [0.3, 0.4) is 0 Å². The smallest absolute Gasteiger partial charge is 0.407 e. The van der Waals surface area contributed by atoms with Crippen LogP contribution in [0.25, 0.3) is 0 Å². The predicted octanol–water partition coefficient (Wildman–Crippen LogP) is 2.54. The van der Waals surface area contributed by atoms with E-state index in [0.29, 0.717) is 19.1 Å². The van der Waals surface area contributed by atoms with Crippen molar-refractivity contribution < 1.29 is 9.53 Å². The highest BCUT2D eigenvalue weighted by Gasteiger charge is 2.06. The van der Waals surface area contributed by atoms with Gasteiger partial charge in [-0.25, -0.2) is 4.79 Å². The molecule has 0 saturated heterocycles. The molecule has 1 aromatic rings. The molecule has 15 heavy (non-hydrogen) atoms. The predicted molar refractivity (Wildman–Crippen MR) is 59.9 cm³/mol. The summed E-state index contributed by atoms with van der Waals surface area (Å²) < 4.78 is 4.78. The number of amides is 1. The fraction of sp³-hybridized carbons (Fsp3) is 0.417. The van der Waals surface area contributed by atoms with E-state index in [-0.39, 0.29) is 6.09 Å². The zero-order valence-electron chi connectivity index (χ0n) is 9.19. The standard InChI is InChI=1S/C12H17NO2/c1-3-15-12(14)13-9-10(2)11-7-5-4-6-8-11/h4-8,10H,3,9H2,1-2H3,(H,13,14)/t10-/m1/s1. The lowest BCUT2D eigenvalue weighted by molar-refractivity contribution is 0.151. The van der Waals surface area contributed by atoms with Crippen LogP contribution in [-0.2, 0) is 4.74 Å². The number of hydrogen-bond acceptors (Lipinski definition) is 2. The molecule has 1 aromatic carbocycles. The Hall–Kier alpha value is -1.51. The van der Waals surface area contributed by atoms with Crippen LogP contribution in [0.2, 0.25) is 0 Å². The van der Waals surface area contributed by atoms with Crippen molar-refractivity contribution >= 4 is 6.09 Å². The first-order valence-electron chi connectivity index (χ1n) is 5.19. The molecule has 0 aliphatic carbocycles. The molecular weight excluding hydrogens is 190 g/mol. The van der Waals surface area contributed by atoms with Gasteiger partial charge < -0.3 is 10.1 Å². The number of rotatable bonds is 4. The minimum atomic E-state index is -0.347. The maximum atomic E-state index is 11.0. The normalized spacial score (nSPS) is 11.9. The second kappa shape index (κ2) is 6.06. The second-order valence-corrected chi connectivity index (χ2v) is 3.41. The topological polar surface area (TPSA) is 38.3 Å². The molecule has 0 radical (unpaired) electrons. The first-order valence-corrected chi connectivity index (χ1v) is 5.19. The van der Waals surface area contributed by atoms with Crippen molar-refractivity contribution in [2.75, 3.05) is 13.2 Å². The molecule has 0 unspecified atom stereocenters. The molecule has 1 rings (SSSR count). The van der Waals surface area contributed by atoms with Crippen molar-refractivity contribution in [2.45, 2.75) is 19.8 Å². The highest BCUT2D eigenvalue weighted by atomic mass is 16.5. The van der Waals surface area contributed by atoms with Gasteiger partial charge in [0.1, 0.15) is 0 Å². The Morgan fingerprint density at radius 1 is 1.40 bits per heavy atom. The lowest BCUT2D eigenvalue weighted by atomic mass is 10.0. The van der Waals surface area contributed by atoms with E-state index in [1.54, 1.807) is 6.92 Å². The Labute approximate surface area is 90.4 Å². The van der Waals surface area contributed by atoms with E-state index < -0.39 is 0 Å². The number of hydrogen-bond donors (Lipinski definition) is 1. The molecule has 0 heterocycles. The van der Waals surface area contributed by atoms with Crippen molar-refractivity contribution in [1.82, 2.24) is 5.32 Å². The molecule has 0 aromatic heterocycles. The summed E-state index contributed by atoms with van der Waals surface area (Å²) in [5.74, 6) is 0.301. The van der Waals surface area contributed by atoms with Crippen molar-refractivity contribution in [3.8, 4) is 0 Å². The van der Waals surface area contributed by atoms with Gasteiger partial charge in [0.15, 0.2) is 0 Å². The second-order valence-electron chi connectivity index (χ2n) is 3.41. The van der Waals surface area contributed by atoms with Crippen molar-refractivity contribution in [3.63, 3.8) is 0 Å². The number of carbonyl (C=O) groups is 1. The van der Waals surface area contributed by atoms with Crippen LogP contribution in [0, 0.1) is 0 Å². The molecule has 0 saturated carbocycles. The van der Waals surface area contributed by atoms with Gasteiger partial charge >= 0.3 is 6.09 Å². The van der Waals surface area contributed by atoms with E-state index in [1.807, 2.05) is 18.2 Å². The number of nitrogens with one attached hydrogen (secondary N) is 1. The van der Waals surface area contributed by atoms with Gasteiger partial charge in [0.05, 0.1) is 6.61 Å². The molecule has 0 aliphatic heterocycles. The van der Waals surface area contributed by atoms with Crippen LogP contribution in [0.4, 0.5) is 4.79 Å². The molecule has 0 fully saturated rings. The zero-order chi connectivity index (χ0) is 11.1. The van der Waals surface area contributed by atoms with Crippen LogP contribution in [0.5, 0.6) is 0 Å². The third-order valence-electron chi connectivity index (χ3n) is 2.20. The fourth-order valence-electron chi connectivity index (χ4n) is 1.32. The lowest BCUT2D eigenvalue weighted by Crippen LogP contribution is -2.28. The average molecular weight is 207 g/mol. The molecule has 0 spiro atoms. The molecule has 82 valence electrons. The maximum absolute atomic E-state index is 11.0. The summed E-state index contributed by atoms with van der Waals surface area (Å²) in [7, 11) is 0. The first kappa shape index (κ1) is 11.6. The molecule has 1 atom stereocenters. The minimum Gasteiger partial charge on any atom is -0.450 e. The van der Waals surface area contributed by atoms with Gasteiger partial charge in [-0.05, 0) is 18.4 Å². The highest BCUT2D eigenvalue weighted by Crippen LogP contribution is 2.12. The Balaban J connectivity index is 2.37. The Kier molecular flexibility index (Phi) is 4.68. The van der Waals surface area contributed by atoms with Crippen molar-refractivity contribution in [2.24, 2.45) is 0 Å². The number of benzene rings is 1. The summed E-state index contributed by atoms with van der Waals surface area (Å²) in [6.45, 7) is 4.87. The Morgan fingerprint density at radius 3 is 2.67 bits per heavy atom. The van der Waals surface area contributed by atoms with Gasteiger partial charge in [0.25, 0.3) is 0 Å². The maximum Gasteiger partial charge on any atom is 0.407 e. The SMILES string of the molecule is CCOC(=O)NC[C@@H](C)c1ccccc1. The van der Waals surface area contributed by atoms with E-state index in [1.165, 1.54) is 5.56 Å². The molecule has 1 amide bonds. The third kappa shape index (κ3) is 4.02.